The maximum atomic E-state index is 12.3. The number of phenolic OH excluding ortho intramolecular Hbond substituents is 2. The maximum Gasteiger partial charge on any atom is 0.264 e. The molecule has 0 saturated heterocycles. The van der Waals surface area contributed by atoms with E-state index in [1.807, 2.05) is 28.2 Å². The molecule has 5 rings (SSSR count). The van der Waals surface area contributed by atoms with Crippen LogP contribution in [0.5, 0.6) is 23.0 Å². The van der Waals surface area contributed by atoms with Crippen molar-refractivity contribution in [2.75, 3.05) is 28.2 Å². The van der Waals surface area contributed by atoms with Gasteiger partial charge in [-0.15, -0.1) is 0 Å². The summed E-state index contributed by atoms with van der Waals surface area (Å²) in [5.74, 6) is 1.78. The van der Waals surface area contributed by atoms with Crippen LogP contribution in [0.4, 0.5) is 0 Å². The molecule has 0 atom stereocenters. The lowest BCUT2D eigenvalue weighted by Crippen LogP contribution is -2.27. The first kappa shape index (κ1) is 45.0. The molecule has 0 aromatic heterocycles. The van der Waals surface area contributed by atoms with Crippen molar-refractivity contribution in [1.29, 1.82) is 0 Å². The molecule has 0 amide bonds. The summed E-state index contributed by atoms with van der Waals surface area (Å²) in [6.45, 7) is 26.5. The number of thiocarbonyl (C=S) groups is 2. The van der Waals surface area contributed by atoms with Gasteiger partial charge in [0.15, 0.2) is 0 Å². The fourth-order valence-electron chi connectivity index (χ4n) is 7.27. The van der Waals surface area contributed by atoms with Gasteiger partial charge < -0.3 is 29.5 Å². The van der Waals surface area contributed by atoms with Gasteiger partial charge in [0.1, 0.15) is 23.0 Å². The third kappa shape index (κ3) is 9.99. The molecule has 8 heteroatoms. The van der Waals surface area contributed by atoms with E-state index in [-0.39, 0.29) is 33.2 Å². The normalized spacial score (nSPS) is 13.5. The minimum atomic E-state index is -0.209. The van der Waals surface area contributed by atoms with Crippen molar-refractivity contribution in [2.24, 2.45) is 0 Å². The van der Waals surface area contributed by atoms with Crippen molar-refractivity contribution in [3.63, 3.8) is 0 Å². The Bertz CT molecular complexity index is 2090. The van der Waals surface area contributed by atoms with E-state index in [1.165, 1.54) is 0 Å². The SMILES string of the molecule is CN(C)C(=S)Oc1c2cc(C(C)(C)C)cc1Cc1cc(C(C)(C)C)cc(c1OC(=S)N(C)C)Cc1cc(C(C)(C)C)cc(c1O)Cc1cc(C(C)(C)C)cc(c1O)C2. The van der Waals surface area contributed by atoms with Crippen LogP contribution in [0.3, 0.4) is 0 Å². The van der Waals surface area contributed by atoms with E-state index in [9.17, 15) is 10.2 Å². The van der Waals surface area contributed by atoms with Crippen molar-refractivity contribution >= 4 is 34.8 Å². The fraction of sp³-hybridized carbons (Fsp3) is 0.480. The quantitative estimate of drug-likeness (QED) is 0.171. The summed E-state index contributed by atoms with van der Waals surface area (Å²) in [5.41, 5.74) is 10.5. The summed E-state index contributed by atoms with van der Waals surface area (Å²) in [6, 6.07) is 17.4. The Morgan fingerprint density at radius 2 is 0.603 bits per heavy atom. The molecular weight excluding hydrogens is 757 g/mol. The second-order valence-electron chi connectivity index (χ2n) is 20.8. The van der Waals surface area contributed by atoms with Crippen LogP contribution in [0, 0.1) is 0 Å². The number of nitrogens with zero attached hydrogens (tertiary/aromatic N) is 2. The number of phenols is 2. The van der Waals surface area contributed by atoms with Crippen molar-refractivity contribution in [2.45, 2.75) is 130 Å². The summed E-state index contributed by atoms with van der Waals surface area (Å²) in [7, 11) is 7.54. The van der Waals surface area contributed by atoms with E-state index in [1.54, 1.807) is 9.80 Å². The number of ether oxygens (including phenoxy) is 2. The highest BCUT2D eigenvalue weighted by atomic mass is 32.1. The van der Waals surface area contributed by atoms with Crippen LogP contribution >= 0.6 is 24.4 Å². The van der Waals surface area contributed by atoms with Gasteiger partial charge in [-0.1, -0.05) is 132 Å². The highest BCUT2D eigenvalue weighted by Crippen LogP contribution is 2.44. The van der Waals surface area contributed by atoms with Crippen LogP contribution in [0.25, 0.3) is 0 Å². The summed E-state index contributed by atoms with van der Waals surface area (Å²) in [6.07, 6.45) is 1.58. The van der Waals surface area contributed by atoms with Crippen LogP contribution < -0.4 is 9.47 Å². The summed E-state index contributed by atoms with van der Waals surface area (Å²) in [5, 5.41) is 25.3. The van der Waals surface area contributed by atoms with Gasteiger partial charge in [-0.25, -0.2) is 0 Å². The van der Waals surface area contributed by atoms with Gasteiger partial charge in [-0.2, -0.15) is 0 Å². The third-order valence-corrected chi connectivity index (χ3v) is 12.0. The second kappa shape index (κ2) is 16.1. The Morgan fingerprint density at radius 3 is 0.810 bits per heavy atom. The minimum absolute atomic E-state index is 0.208. The summed E-state index contributed by atoms with van der Waals surface area (Å²) < 4.78 is 13.5. The Kier molecular flexibility index (Phi) is 12.5. The molecule has 0 fully saturated rings. The van der Waals surface area contributed by atoms with Gasteiger partial charge in [0.05, 0.1) is 0 Å². The van der Waals surface area contributed by atoms with Crippen LogP contribution in [0.1, 0.15) is 150 Å². The van der Waals surface area contributed by atoms with Crippen molar-refractivity contribution < 1.29 is 19.7 Å². The number of fused-ring (bicyclic) bond motifs is 8. The molecule has 4 aromatic rings. The van der Waals surface area contributed by atoms with Gasteiger partial charge in [0.2, 0.25) is 0 Å². The largest absolute Gasteiger partial charge is 0.507 e. The molecule has 0 radical (unpaired) electrons. The number of hydrogen-bond acceptors (Lipinski definition) is 6. The number of hydrogen-bond donors (Lipinski definition) is 2. The number of rotatable bonds is 2. The molecule has 0 spiro atoms. The molecule has 1 aliphatic rings. The lowest BCUT2D eigenvalue weighted by molar-refractivity contribution is 0.437. The zero-order valence-electron chi connectivity index (χ0n) is 37.9. The van der Waals surface area contributed by atoms with Crippen LogP contribution in [-0.4, -0.2) is 58.6 Å². The smallest absolute Gasteiger partial charge is 0.264 e. The average Bonchev–Trinajstić information content (AvgIpc) is 3.07. The molecule has 0 aliphatic heterocycles. The second-order valence-corrected chi connectivity index (χ2v) is 21.5. The molecule has 8 bridgehead atoms. The zero-order valence-corrected chi connectivity index (χ0v) is 39.5. The van der Waals surface area contributed by atoms with E-state index in [0.29, 0.717) is 47.5 Å². The van der Waals surface area contributed by atoms with Gasteiger partial charge in [-0.05, 0) is 113 Å². The minimum Gasteiger partial charge on any atom is -0.507 e. The van der Waals surface area contributed by atoms with Gasteiger partial charge in [0.25, 0.3) is 10.3 Å². The lowest BCUT2D eigenvalue weighted by atomic mass is 9.79. The molecule has 312 valence electrons. The molecule has 58 heavy (non-hydrogen) atoms. The van der Waals surface area contributed by atoms with Crippen molar-refractivity contribution in [1.82, 2.24) is 9.80 Å². The molecule has 4 aromatic carbocycles. The van der Waals surface area contributed by atoms with Crippen molar-refractivity contribution in [3.05, 3.63) is 115 Å². The Morgan fingerprint density at radius 1 is 0.414 bits per heavy atom. The van der Waals surface area contributed by atoms with E-state index >= 15 is 0 Å². The van der Waals surface area contributed by atoms with Crippen molar-refractivity contribution in [3.8, 4) is 23.0 Å². The number of aromatic hydroxyl groups is 2. The van der Waals surface area contributed by atoms with E-state index in [2.05, 4.69) is 132 Å². The third-order valence-electron chi connectivity index (χ3n) is 11.1. The topological polar surface area (TPSA) is 65.4 Å². The molecule has 1 aliphatic carbocycles. The molecule has 2 N–H and O–H groups in total. The fourth-order valence-corrected chi connectivity index (χ4v) is 7.43. The maximum absolute atomic E-state index is 12.3. The van der Waals surface area contributed by atoms with Crippen LogP contribution in [-0.2, 0) is 47.3 Å². The zero-order chi connectivity index (χ0) is 43.4. The van der Waals surface area contributed by atoms with Crippen LogP contribution in [0.2, 0.25) is 0 Å². The molecule has 0 heterocycles. The molecular formula is C50H66N2O4S2. The Hall–Kier alpha value is -4.14. The standard InChI is InChI=1S/C50H66N2O4S2/c1-47(2,3)37-21-29-17-30-22-38(48(4,5)6)24-32(42(30)54)19-34-26-40(50(10,11)12)28-36(44(34)56-46(58)52(15)16)20-35-27-39(49(7,8)9)25-33(18-31(23-37)41(29)53)43(35)55-45(57)51(13)14/h21-28,53-54H,17-20H2,1-16H3. The van der Waals surface area contributed by atoms with Gasteiger partial charge in [-0.3, -0.25) is 0 Å². The summed E-state index contributed by atoms with van der Waals surface area (Å²) >= 11 is 11.7. The Balaban J connectivity index is 2.00. The number of benzene rings is 4. The first-order chi connectivity index (χ1) is 26.5. The first-order valence-corrected chi connectivity index (χ1v) is 21.2. The van der Waals surface area contributed by atoms with E-state index in [0.717, 1.165) is 66.8 Å². The van der Waals surface area contributed by atoms with E-state index < -0.39 is 0 Å². The van der Waals surface area contributed by atoms with E-state index in [4.69, 9.17) is 33.9 Å². The highest BCUT2D eigenvalue weighted by molar-refractivity contribution is 7.80. The lowest BCUT2D eigenvalue weighted by Gasteiger charge is -2.29. The average molecular weight is 823 g/mol. The first-order valence-electron chi connectivity index (χ1n) is 20.4. The molecule has 0 unspecified atom stereocenters. The molecule has 0 saturated carbocycles. The van der Waals surface area contributed by atoms with Gasteiger partial charge in [0, 0.05) is 53.9 Å². The van der Waals surface area contributed by atoms with Crippen LogP contribution in [0.15, 0.2) is 48.5 Å². The Labute approximate surface area is 359 Å². The highest BCUT2D eigenvalue weighted by Gasteiger charge is 2.29. The predicted molar refractivity (Wildman–Crippen MR) is 249 cm³/mol. The predicted octanol–water partition coefficient (Wildman–Crippen LogP) is 11.4. The van der Waals surface area contributed by atoms with Gasteiger partial charge >= 0.3 is 0 Å². The monoisotopic (exact) mass is 822 g/mol. The summed E-state index contributed by atoms with van der Waals surface area (Å²) in [4.78, 5) is 3.60. The molecule has 6 nitrogen and oxygen atoms in total.